The summed E-state index contributed by atoms with van der Waals surface area (Å²) in [5.74, 6) is -0.930. The van der Waals surface area contributed by atoms with Gasteiger partial charge in [-0.2, -0.15) is 0 Å². The third-order valence-electron chi connectivity index (χ3n) is 6.04. The van der Waals surface area contributed by atoms with Crippen LogP contribution >= 0.6 is 0 Å². The molecule has 0 saturated heterocycles. The molecule has 4 aromatic rings. The highest BCUT2D eigenvalue weighted by Crippen LogP contribution is 2.38. The van der Waals surface area contributed by atoms with Crippen LogP contribution in [0.25, 0.3) is 21.5 Å². The molecular formula is C28H28N2O3. The number of carboxylic acids is 1. The number of anilines is 2. The third-order valence-corrected chi connectivity index (χ3v) is 6.04. The van der Waals surface area contributed by atoms with Gasteiger partial charge in [0.05, 0.1) is 11.7 Å². The van der Waals surface area contributed by atoms with Gasteiger partial charge in [-0.15, -0.1) is 0 Å². The molecule has 0 aliphatic carbocycles. The summed E-state index contributed by atoms with van der Waals surface area (Å²) >= 11 is 0. The van der Waals surface area contributed by atoms with Gasteiger partial charge in [-0.3, -0.25) is 4.79 Å². The molecule has 0 spiro atoms. The number of nitrogens with one attached hydrogen (secondary N) is 1. The van der Waals surface area contributed by atoms with E-state index in [-0.39, 0.29) is 11.6 Å². The van der Waals surface area contributed by atoms with Crippen molar-refractivity contribution in [3.05, 3.63) is 94.9 Å². The smallest absolute Gasteiger partial charge is 0.331 e. The third kappa shape index (κ3) is 4.53. The average molecular weight is 441 g/mol. The molecule has 0 fully saturated rings. The zero-order chi connectivity index (χ0) is 23.4. The number of benzene rings is 3. The van der Waals surface area contributed by atoms with Crippen molar-refractivity contribution < 1.29 is 9.90 Å². The van der Waals surface area contributed by atoms with Crippen molar-refractivity contribution in [1.82, 2.24) is 4.98 Å². The lowest BCUT2D eigenvalue weighted by atomic mass is 9.99. The van der Waals surface area contributed by atoms with Gasteiger partial charge in [0.15, 0.2) is 0 Å². The van der Waals surface area contributed by atoms with Crippen LogP contribution in [0, 0.1) is 0 Å². The summed E-state index contributed by atoms with van der Waals surface area (Å²) < 4.78 is 0. The van der Waals surface area contributed by atoms with Crippen LogP contribution in [0.15, 0.2) is 89.4 Å². The van der Waals surface area contributed by atoms with E-state index in [2.05, 4.69) is 41.1 Å². The second-order valence-electron chi connectivity index (χ2n) is 8.28. The Morgan fingerprint density at radius 2 is 1.64 bits per heavy atom. The monoisotopic (exact) mass is 440 g/mol. The summed E-state index contributed by atoms with van der Waals surface area (Å²) in [6, 6.07) is 21.6. The normalized spacial score (nSPS) is 12.7. The van der Waals surface area contributed by atoms with Crippen molar-refractivity contribution in [2.24, 2.45) is 0 Å². The van der Waals surface area contributed by atoms with Gasteiger partial charge in [-0.05, 0) is 30.9 Å². The molecule has 0 aliphatic heterocycles. The number of H-pyrrole nitrogens is 1. The van der Waals surface area contributed by atoms with Crippen LogP contribution in [-0.2, 0) is 4.79 Å². The first-order valence-electron chi connectivity index (χ1n) is 11.3. The number of hydrogen-bond acceptors (Lipinski definition) is 3. The van der Waals surface area contributed by atoms with E-state index >= 15 is 0 Å². The number of hydrogen-bond donors (Lipinski definition) is 2. The Kier molecular flexibility index (Phi) is 6.59. The second-order valence-corrected chi connectivity index (χ2v) is 8.28. The number of nitrogens with zero attached hydrogens (tertiary/aromatic N) is 1. The predicted octanol–water partition coefficient (Wildman–Crippen LogP) is 6.41. The maximum absolute atomic E-state index is 12.5. The largest absolute Gasteiger partial charge is 0.478 e. The highest BCUT2D eigenvalue weighted by Gasteiger charge is 2.24. The molecule has 2 N–H and O–H groups in total. The van der Waals surface area contributed by atoms with Gasteiger partial charge in [-0.1, -0.05) is 80.4 Å². The lowest BCUT2D eigenvalue weighted by Gasteiger charge is -2.34. The van der Waals surface area contributed by atoms with Crippen LogP contribution in [-0.4, -0.2) is 22.1 Å². The van der Waals surface area contributed by atoms with Gasteiger partial charge in [-0.25, -0.2) is 4.79 Å². The second kappa shape index (κ2) is 9.74. The molecule has 0 radical (unpaired) electrons. The molecule has 3 aromatic carbocycles. The molecule has 0 bridgehead atoms. The van der Waals surface area contributed by atoms with E-state index in [0.717, 1.165) is 46.8 Å². The standard InChI is InChI=1S/C28H28N2O3/c1-3-4-12-21(17-19(2)28(32)33)30(25-16-9-11-20-10-5-6-13-22(20)25)26-18-29-27(31)24-15-8-7-14-23(24)26/h5-11,13-18,21H,3-4,12H2,1-2H3,(H,29,31)(H,32,33). The lowest BCUT2D eigenvalue weighted by Crippen LogP contribution is -2.31. The van der Waals surface area contributed by atoms with Gasteiger partial charge in [0, 0.05) is 33.6 Å². The summed E-state index contributed by atoms with van der Waals surface area (Å²) in [5, 5.41) is 13.2. The average Bonchev–Trinajstić information content (AvgIpc) is 2.84. The van der Waals surface area contributed by atoms with Crippen LogP contribution in [0.4, 0.5) is 11.4 Å². The molecule has 0 saturated carbocycles. The number of carbonyl (C=O) groups is 1. The number of unbranched alkanes of at least 4 members (excludes halogenated alkanes) is 1. The molecule has 4 rings (SSSR count). The Balaban J connectivity index is 2.04. The number of rotatable bonds is 8. The zero-order valence-electron chi connectivity index (χ0n) is 18.9. The van der Waals surface area contributed by atoms with Crippen LogP contribution in [0.2, 0.25) is 0 Å². The molecule has 1 aromatic heterocycles. The van der Waals surface area contributed by atoms with Crippen molar-refractivity contribution in [2.75, 3.05) is 4.90 Å². The summed E-state index contributed by atoms with van der Waals surface area (Å²) in [4.78, 5) is 29.4. The Bertz CT molecular complexity index is 1380. The maximum Gasteiger partial charge on any atom is 0.331 e. The first-order valence-corrected chi connectivity index (χ1v) is 11.3. The molecule has 1 unspecified atom stereocenters. The molecule has 5 nitrogen and oxygen atoms in total. The number of fused-ring (bicyclic) bond motifs is 2. The van der Waals surface area contributed by atoms with E-state index in [4.69, 9.17) is 0 Å². The highest BCUT2D eigenvalue weighted by atomic mass is 16.4. The minimum atomic E-state index is -0.930. The van der Waals surface area contributed by atoms with Crippen molar-refractivity contribution in [1.29, 1.82) is 0 Å². The SMILES string of the molecule is CCCCC(C=C(C)C(=O)O)N(c1cccc2ccccc12)c1c[nH]c(=O)c2ccccc12. The summed E-state index contributed by atoms with van der Waals surface area (Å²) in [7, 11) is 0. The van der Waals surface area contributed by atoms with Gasteiger partial charge in [0.2, 0.25) is 0 Å². The molecule has 168 valence electrons. The number of pyridine rings is 1. The topological polar surface area (TPSA) is 73.4 Å². The van der Waals surface area contributed by atoms with E-state index in [1.165, 1.54) is 0 Å². The Morgan fingerprint density at radius 1 is 0.970 bits per heavy atom. The van der Waals surface area contributed by atoms with Gasteiger partial charge >= 0.3 is 5.97 Å². The number of aromatic nitrogens is 1. The molecule has 0 amide bonds. The summed E-state index contributed by atoms with van der Waals surface area (Å²) in [6.07, 6.45) is 6.29. The highest BCUT2D eigenvalue weighted by molar-refractivity contribution is 6.01. The fourth-order valence-corrected chi connectivity index (χ4v) is 4.36. The molecular weight excluding hydrogens is 412 g/mol. The quantitative estimate of drug-likeness (QED) is 0.311. The van der Waals surface area contributed by atoms with Crippen molar-refractivity contribution in [3.63, 3.8) is 0 Å². The van der Waals surface area contributed by atoms with Crippen molar-refractivity contribution >= 4 is 38.9 Å². The summed E-state index contributed by atoms with van der Waals surface area (Å²) in [5.41, 5.74) is 1.97. The van der Waals surface area contributed by atoms with E-state index in [1.54, 1.807) is 13.1 Å². The Labute approximate surface area is 193 Å². The Hall–Kier alpha value is -3.86. The minimum Gasteiger partial charge on any atom is -0.478 e. The minimum absolute atomic E-state index is 0.144. The lowest BCUT2D eigenvalue weighted by molar-refractivity contribution is -0.132. The van der Waals surface area contributed by atoms with E-state index in [9.17, 15) is 14.7 Å². The van der Waals surface area contributed by atoms with Crippen LogP contribution in [0.1, 0.15) is 33.1 Å². The van der Waals surface area contributed by atoms with Gasteiger partial charge in [0.25, 0.3) is 5.56 Å². The van der Waals surface area contributed by atoms with Crippen LogP contribution < -0.4 is 10.5 Å². The zero-order valence-corrected chi connectivity index (χ0v) is 18.9. The van der Waals surface area contributed by atoms with Crippen LogP contribution in [0.3, 0.4) is 0 Å². The van der Waals surface area contributed by atoms with E-state index < -0.39 is 5.97 Å². The molecule has 1 heterocycles. The Morgan fingerprint density at radius 3 is 2.36 bits per heavy atom. The van der Waals surface area contributed by atoms with Crippen LogP contribution in [0.5, 0.6) is 0 Å². The molecule has 5 heteroatoms. The van der Waals surface area contributed by atoms with Crippen molar-refractivity contribution in [3.8, 4) is 0 Å². The fourth-order valence-electron chi connectivity index (χ4n) is 4.36. The first-order chi connectivity index (χ1) is 16.0. The predicted molar refractivity (Wildman–Crippen MR) is 135 cm³/mol. The van der Waals surface area contributed by atoms with E-state index in [1.807, 2.05) is 48.5 Å². The first kappa shape index (κ1) is 22.3. The maximum atomic E-state index is 12.5. The van der Waals surface area contributed by atoms with Gasteiger partial charge < -0.3 is 15.0 Å². The van der Waals surface area contributed by atoms with Gasteiger partial charge in [0.1, 0.15) is 0 Å². The molecule has 0 aliphatic rings. The number of aliphatic carboxylic acids is 1. The number of carboxylic acid groups (broad SMARTS) is 1. The molecule has 33 heavy (non-hydrogen) atoms. The van der Waals surface area contributed by atoms with Crippen molar-refractivity contribution in [2.45, 2.75) is 39.2 Å². The van der Waals surface area contributed by atoms with E-state index in [0.29, 0.717) is 11.0 Å². The fraction of sp³-hybridized carbons (Fsp3) is 0.214. The number of aromatic amines is 1. The molecule has 1 atom stereocenters. The summed E-state index contributed by atoms with van der Waals surface area (Å²) in [6.45, 7) is 3.76.